The third-order valence-corrected chi connectivity index (χ3v) is 4.62. The second-order valence-corrected chi connectivity index (χ2v) is 6.70. The molecule has 1 amide bonds. The average molecular weight is 397 g/mol. The number of hydrogen-bond acceptors (Lipinski definition) is 5. The van der Waals surface area contributed by atoms with Crippen molar-refractivity contribution < 1.29 is 4.79 Å². The average Bonchev–Trinajstić information content (AvgIpc) is 2.80. The van der Waals surface area contributed by atoms with Crippen LogP contribution in [0.3, 0.4) is 0 Å². The van der Waals surface area contributed by atoms with Crippen LogP contribution in [0.25, 0.3) is 10.8 Å². The van der Waals surface area contributed by atoms with E-state index < -0.39 is 5.91 Å². The van der Waals surface area contributed by atoms with Crippen molar-refractivity contribution in [1.29, 1.82) is 0 Å². The molecule has 7 heteroatoms. The molecule has 0 radical (unpaired) electrons. The van der Waals surface area contributed by atoms with E-state index in [1.54, 1.807) is 49.5 Å². The number of nitrogens with zero attached hydrogens (tertiary/aromatic N) is 4. The van der Waals surface area contributed by atoms with Gasteiger partial charge in [0.2, 0.25) is 0 Å². The van der Waals surface area contributed by atoms with Gasteiger partial charge >= 0.3 is 0 Å². The SMILES string of the molecule is C/C(=N\NC(=O)c1nn(Cc2ccccc2)c(=O)c2ccccc12)c1ccccn1. The lowest BCUT2D eigenvalue weighted by molar-refractivity contribution is 0.0949. The summed E-state index contributed by atoms with van der Waals surface area (Å²) in [5.41, 5.74) is 4.55. The van der Waals surface area contributed by atoms with E-state index in [0.29, 0.717) is 22.2 Å². The van der Waals surface area contributed by atoms with Crippen molar-refractivity contribution in [3.05, 3.63) is 106 Å². The van der Waals surface area contributed by atoms with E-state index in [9.17, 15) is 9.59 Å². The van der Waals surface area contributed by atoms with E-state index in [1.165, 1.54) is 4.68 Å². The second kappa shape index (κ2) is 8.48. The van der Waals surface area contributed by atoms with Gasteiger partial charge in [-0.3, -0.25) is 14.6 Å². The molecule has 0 bridgehead atoms. The summed E-state index contributed by atoms with van der Waals surface area (Å²) in [4.78, 5) is 30.0. The van der Waals surface area contributed by atoms with Gasteiger partial charge in [0, 0.05) is 11.6 Å². The van der Waals surface area contributed by atoms with Crippen LogP contribution in [0.1, 0.15) is 28.7 Å². The van der Waals surface area contributed by atoms with Gasteiger partial charge in [-0.05, 0) is 30.7 Å². The number of nitrogens with one attached hydrogen (secondary N) is 1. The number of carbonyl (C=O) groups is 1. The first-order chi connectivity index (χ1) is 14.6. The molecule has 0 aliphatic heterocycles. The molecule has 7 nitrogen and oxygen atoms in total. The Balaban J connectivity index is 1.71. The zero-order valence-electron chi connectivity index (χ0n) is 16.3. The third kappa shape index (κ3) is 4.00. The van der Waals surface area contributed by atoms with Crippen molar-refractivity contribution in [2.24, 2.45) is 5.10 Å². The first-order valence-electron chi connectivity index (χ1n) is 9.43. The number of carbonyl (C=O) groups excluding carboxylic acids is 1. The maximum absolute atomic E-state index is 12.9. The van der Waals surface area contributed by atoms with Crippen LogP contribution in [-0.2, 0) is 6.54 Å². The van der Waals surface area contributed by atoms with Crippen LogP contribution in [0.15, 0.2) is 88.9 Å². The fraction of sp³-hybridized carbons (Fsp3) is 0.0870. The maximum atomic E-state index is 12.9. The summed E-state index contributed by atoms with van der Waals surface area (Å²) in [6.45, 7) is 2.02. The van der Waals surface area contributed by atoms with Crippen LogP contribution in [0.2, 0.25) is 0 Å². The Labute approximate surface area is 172 Å². The molecular weight excluding hydrogens is 378 g/mol. The van der Waals surface area contributed by atoms with Gasteiger partial charge in [0.05, 0.1) is 23.3 Å². The van der Waals surface area contributed by atoms with Crippen LogP contribution >= 0.6 is 0 Å². The summed E-state index contributed by atoms with van der Waals surface area (Å²) < 4.78 is 1.31. The van der Waals surface area contributed by atoms with Crippen molar-refractivity contribution in [3.8, 4) is 0 Å². The van der Waals surface area contributed by atoms with Crippen LogP contribution < -0.4 is 11.0 Å². The summed E-state index contributed by atoms with van der Waals surface area (Å²) in [7, 11) is 0. The fourth-order valence-electron chi connectivity index (χ4n) is 3.09. The van der Waals surface area contributed by atoms with Crippen molar-refractivity contribution in [1.82, 2.24) is 20.2 Å². The van der Waals surface area contributed by atoms with Gasteiger partial charge in [-0.2, -0.15) is 10.2 Å². The summed E-state index contributed by atoms with van der Waals surface area (Å²) in [6, 6.07) is 21.9. The molecule has 4 rings (SSSR count). The topological polar surface area (TPSA) is 89.2 Å². The number of pyridine rings is 1. The Bertz CT molecular complexity index is 1280. The Morgan fingerprint density at radius 3 is 2.40 bits per heavy atom. The van der Waals surface area contributed by atoms with Crippen LogP contribution in [0.5, 0.6) is 0 Å². The Hall–Kier alpha value is -4.13. The molecule has 148 valence electrons. The maximum Gasteiger partial charge on any atom is 0.292 e. The van der Waals surface area contributed by atoms with Crippen LogP contribution in [0, 0.1) is 0 Å². The number of amides is 1. The van der Waals surface area contributed by atoms with Crippen molar-refractivity contribution >= 4 is 22.4 Å². The lowest BCUT2D eigenvalue weighted by Gasteiger charge is -2.10. The molecule has 2 aromatic heterocycles. The molecule has 30 heavy (non-hydrogen) atoms. The lowest BCUT2D eigenvalue weighted by atomic mass is 10.1. The largest absolute Gasteiger partial charge is 0.292 e. The molecule has 0 fully saturated rings. The minimum atomic E-state index is -0.497. The Kier molecular flexibility index (Phi) is 5.43. The molecular formula is C23H19N5O2. The number of hydrogen-bond donors (Lipinski definition) is 1. The van der Waals surface area contributed by atoms with Gasteiger partial charge in [-0.15, -0.1) is 0 Å². The van der Waals surface area contributed by atoms with E-state index >= 15 is 0 Å². The van der Waals surface area contributed by atoms with Gasteiger partial charge in [0.1, 0.15) is 0 Å². The van der Waals surface area contributed by atoms with E-state index in [2.05, 4.69) is 20.6 Å². The van der Waals surface area contributed by atoms with Crippen molar-refractivity contribution in [2.45, 2.75) is 13.5 Å². The fourth-order valence-corrected chi connectivity index (χ4v) is 3.09. The normalized spacial score (nSPS) is 11.4. The molecule has 2 aromatic carbocycles. The molecule has 0 atom stereocenters. The van der Waals surface area contributed by atoms with Gasteiger partial charge in [0.15, 0.2) is 5.69 Å². The smallest absolute Gasteiger partial charge is 0.267 e. The molecule has 0 aliphatic carbocycles. The highest BCUT2D eigenvalue weighted by molar-refractivity contribution is 6.05. The molecule has 0 saturated heterocycles. The summed E-state index contributed by atoms with van der Waals surface area (Å²) >= 11 is 0. The number of hydrazone groups is 1. The van der Waals surface area contributed by atoms with E-state index in [0.717, 1.165) is 5.56 Å². The monoisotopic (exact) mass is 397 g/mol. The lowest BCUT2D eigenvalue weighted by Crippen LogP contribution is -2.29. The van der Waals surface area contributed by atoms with Crippen LogP contribution in [-0.4, -0.2) is 26.4 Å². The number of fused-ring (bicyclic) bond motifs is 1. The predicted octanol–water partition coefficient (Wildman–Crippen LogP) is 2.99. The van der Waals surface area contributed by atoms with E-state index in [1.807, 2.05) is 36.4 Å². The minimum absolute atomic E-state index is 0.138. The summed E-state index contributed by atoms with van der Waals surface area (Å²) in [5.74, 6) is -0.497. The minimum Gasteiger partial charge on any atom is -0.267 e. The van der Waals surface area contributed by atoms with Gasteiger partial charge < -0.3 is 0 Å². The summed E-state index contributed by atoms with van der Waals surface area (Å²) in [5, 5.41) is 9.41. The van der Waals surface area contributed by atoms with Crippen LogP contribution in [0.4, 0.5) is 0 Å². The third-order valence-electron chi connectivity index (χ3n) is 4.62. The Morgan fingerprint density at radius 1 is 0.967 bits per heavy atom. The number of benzene rings is 2. The second-order valence-electron chi connectivity index (χ2n) is 6.70. The number of aromatic nitrogens is 3. The number of rotatable bonds is 5. The first-order valence-corrected chi connectivity index (χ1v) is 9.43. The van der Waals surface area contributed by atoms with Crippen molar-refractivity contribution in [3.63, 3.8) is 0 Å². The standard InChI is InChI=1S/C23H19N5O2/c1-16(20-13-7-8-14-24-20)25-26-22(29)21-18-11-5-6-12-19(18)23(30)28(27-21)15-17-9-3-2-4-10-17/h2-14H,15H2,1H3,(H,26,29)/b25-16+. The molecule has 0 saturated carbocycles. The van der Waals surface area contributed by atoms with Gasteiger partial charge in [-0.25, -0.2) is 10.1 Å². The zero-order valence-corrected chi connectivity index (χ0v) is 16.3. The van der Waals surface area contributed by atoms with E-state index in [4.69, 9.17) is 0 Å². The molecule has 0 aliphatic rings. The van der Waals surface area contributed by atoms with Gasteiger partial charge in [0.25, 0.3) is 11.5 Å². The highest BCUT2D eigenvalue weighted by Gasteiger charge is 2.16. The molecule has 2 heterocycles. The zero-order chi connectivity index (χ0) is 20.9. The predicted molar refractivity (Wildman–Crippen MR) is 115 cm³/mol. The molecule has 0 unspecified atom stereocenters. The molecule has 1 N–H and O–H groups in total. The first kappa shape index (κ1) is 19.2. The molecule has 0 spiro atoms. The van der Waals surface area contributed by atoms with Crippen molar-refractivity contribution in [2.75, 3.05) is 0 Å². The Morgan fingerprint density at radius 2 is 1.67 bits per heavy atom. The highest BCUT2D eigenvalue weighted by atomic mass is 16.2. The molecule has 4 aromatic rings. The van der Waals surface area contributed by atoms with E-state index in [-0.39, 0.29) is 17.8 Å². The quantitative estimate of drug-likeness (QED) is 0.414. The highest BCUT2D eigenvalue weighted by Crippen LogP contribution is 2.14. The summed E-state index contributed by atoms with van der Waals surface area (Å²) in [6.07, 6.45) is 1.66. The van der Waals surface area contributed by atoms with Gasteiger partial charge in [-0.1, -0.05) is 54.6 Å².